The van der Waals surface area contributed by atoms with Gasteiger partial charge in [-0.2, -0.15) is 0 Å². The lowest BCUT2D eigenvalue weighted by molar-refractivity contribution is 0.538. The Bertz CT molecular complexity index is 431. The van der Waals surface area contributed by atoms with Crippen LogP contribution in [0.2, 0.25) is 0 Å². The molecule has 0 aliphatic heterocycles. The summed E-state index contributed by atoms with van der Waals surface area (Å²) in [6, 6.07) is 2.11. The van der Waals surface area contributed by atoms with Crippen molar-refractivity contribution in [2.24, 2.45) is 0 Å². The molecule has 1 nitrogen and oxygen atoms in total. The van der Waals surface area contributed by atoms with E-state index in [1.807, 2.05) is 0 Å². The van der Waals surface area contributed by atoms with Gasteiger partial charge in [0.25, 0.3) is 0 Å². The maximum Gasteiger partial charge on any atom is 0.137 e. The monoisotopic (exact) mass is 168 g/mol. The van der Waals surface area contributed by atoms with E-state index in [0.29, 0.717) is 16.5 Å². The van der Waals surface area contributed by atoms with Crippen LogP contribution in [0.1, 0.15) is 5.76 Å². The lowest BCUT2D eigenvalue weighted by Gasteiger charge is -1.92. The summed E-state index contributed by atoms with van der Waals surface area (Å²) in [4.78, 5) is 0. The molecule has 0 bridgehead atoms. The van der Waals surface area contributed by atoms with Crippen molar-refractivity contribution in [3.8, 4) is 0 Å². The molecule has 0 fully saturated rings. The number of furan rings is 1. The zero-order valence-electron chi connectivity index (χ0n) is 6.40. The molecule has 0 aliphatic rings. The minimum atomic E-state index is -0.582. The largest absolute Gasteiger partial charge is 0.468 e. The molecule has 62 valence electrons. The molecule has 1 heterocycles. The first kappa shape index (κ1) is 7.28. The van der Waals surface area contributed by atoms with Gasteiger partial charge in [0.2, 0.25) is 0 Å². The highest BCUT2D eigenvalue weighted by Gasteiger charge is 2.08. The fourth-order valence-corrected chi connectivity index (χ4v) is 1.21. The molecule has 0 radical (unpaired) electrons. The fourth-order valence-electron chi connectivity index (χ4n) is 1.21. The molecule has 2 rings (SSSR count). The van der Waals surface area contributed by atoms with Crippen molar-refractivity contribution >= 4 is 10.8 Å². The van der Waals surface area contributed by atoms with E-state index < -0.39 is 11.6 Å². The molecule has 3 heteroatoms. The maximum absolute atomic E-state index is 13.0. The summed E-state index contributed by atoms with van der Waals surface area (Å²) < 4.78 is 30.6. The molecule has 0 saturated carbocycles. The van der Waals surface area contributed by atoms with Crippen molar-refractivity contribution in [1.82, 2.24) is 0 Å². The van der Waals surface area contributed by atoms with Crippen LogP contribution in [0.5, 0.6) is 0 Å². The molecule has 0 unspecified atom stereocenters. The summed E-state index contributed by atoms with van der Waals surface area (Å²) in [5.41, 5.74) is 0. The van der Waals surface area contributed by atoms with E-state index in [9.17, 15) is 8.78 Å². The third-order valence-corrected chi connectivity index (χ3v) is 1.83. The SMILES string of the molecule is Cc1occ2c(F)cc(F)cc12. The van der Waals surface area contributed by atoms with E-state index in [2.05, 4.69) is 0 Å². The van der Waals surface area contributed by atoms with Gasteiger partial charge in [-0.1, -0.05) is 0 Å². The highest BCUT2D eigenvalue weighted by atomic mass is 19.1. The fraction of sp³-hybridized carbons (Fsp3) is 0.111. The number of benzene rings is 1. The Balaban J connectivity index is 2.92. The smallest absolute Gasteiger partial charge is 0.137 e. The summed E-state index contributed by atoms with van der Waals surface area (Å²) in [5, 5.41) is 0.821. The number of halogens is 2. The Morgan fingerprint density at radius 1 is 1.17 bits per heavy atom. The van der Waals surface area contributed by atoms with Gasteiger partial charge in [-0.25, -0.2) is 8.78 Å². The standard InChI is InChI=1S/C9H6F2O/c1-5-7-2-6(10)3-9(11)8(7)4-12-5/h2-4H,1H3. The first-order valence-corrected chi connectivity index (χ1v) is 3.51. The number of aryl methyl sites for hydroxylation is 1. The lowest BCUT2D eigenvalue weighted by atomic mass is 10.2. The predicted molar refractivity (Wildman–Crippen MR) is 40.9 cm³/mol. The van der Waals surface area contributed by atoms with Gasteiger partial charge in [-0.3, -0.25) is 0 Å². The van der Waals surface area contributed by atoms with Gasteiger partial charge in [0.15, 0.2) is 0 Å². The number of fused-ring (bicyclic) bond motifs is 1. The van der Waals surface area contributed by atoms with E-state index in [0.717, 1.165) is 6.07 Å². The van der Waals surface area contributed by atoms with Crippen LogP contribution in [0.3, 0.4) is 0 Å². The molecule has 0 aliphatic carbocycles. The topological polar surface area (TPSA) is 13.1 Å². The van der Waals surface area contributed by atoms with Crippen molar-refractivity contribution in [2.75, 3.05) is 0 Å². The summed E-state index contributed by atoms with van der Waals surface area (Å²) >= 11 is 0. The van der Waals surface area contributed by atoms with Gasteiger partial charge in [0, 0.05) is 11.5 Å². The summed E-state index contributed by atoms with van der Waals surface area (Å²) in [5.74, 6) is -0.630. The second-order valence-corrected chi connectivity index (χ2v) is 2.64. The second-order valence-electron chi connectivity index (χ2n) is 2.64. The van der Waals surface area contributed by atoms with Crippen LogP contribution in [-0.2, 0) is 0 Å². The molecule has 0 N–H and O–H groups in total. The van der Waals surface area contributed by atoms with E-state index in [4.69, 9.17) is 4.42 Å². The lowest BCUT2D eigenvalue weighted by Crippen LogP contribution is -1.79. The van der Waals surface area contributed by atoms with Gasteiger partial charge < -0.3 is 4.42 Å². The molecule has 12 heavy (non-hydrogen) atoms. The Morgan fingerprint density at radius 3 is 2.67 bits per heavy atom. The molecular formula is C9H6F2O. The number of hydrogen-bond acceptors (Lipinski definition) is 1. The van der Waals surface area contributed by atoms with Crippen LogP contribution in [-0.4, -0.2) is 0 Å². The molecular weight excluding hydrogens is 162 g/mol. The Labute approximate surface area is 67.6 Å². The van der Waals surface area contributed by atoms with Crippen LogP contribution < -0.4 is 0 Å². The number of hydrogen-bond donors (Lipinski definition) is 0. The second kappa shape index (κ2) is 2.30. The first-order chi connectivity index (χ1) is 5.68. The zero-order chi connectivity index (χ0) is 8.72. The van der Waals surface area contributed by atoms with Crippen molar-refractivity contribution in [3.05, 3.63) is 35.8 Å². The quantitative estimate of drug-likeness (QED) is 0.589. The molecule has 0 spiro atoms. The third-order valence-electron chi connectivity index (χ3n) is 1.83. The summed E-state index contributed by atoms with van der Waals surface area (Å²) in [7, 11) is 0. The van der Waals surface area contributed by atoms with Gasteiger partial charge >= 0.3 is 0 Å². The van der Waals surface area contributed by atoms with Crippen molar-refractivity contribution in [2.45, 2.75) is 6.92 Å². The average molecular weight is 168 g/mol. The zero-order valence-corrected chi connectivity index (χ0v) is 6.40. The highest BCUT2D eigenvalue weighted by Crippen LogP contribution is 2.23. The third kappa shape index (κ3) is 0.897. The van der Waals surface area contributed by atoms with Crippen molar-refractivity contribution in [1.29, 1.82) is 0 Å². The van der Waals surface area contributed by atoms with Crippen molar-refractivity contribution < 1.29 is 13.2 Å². The predicted octanol–water partition coefficient (Wildman–Crippen LogP) is 3.02. The minimum Gasteiger partial charge on any atom is -0.468 e. The first-order valence-electron chi connectivity index (χ1n) is 3.51. The van der Waals surface area contributed by atoms with E-state index >= 15 is 0 Å². The van der Waals surface area contributed by atoms with Gasteiger partial charge in [0.05, 0.1) is 5.39 Å². The van der Waals surface area contributed by atoms with Crippen LogP contribution >= 0.6 is 0 Å². The maximum atomic E-state index is 13.0. The van der Waals surface area contributed by atoms with Crippen LogP contribution in [0.15, 0.2) is 22.8 Å². The van der Waals surface area contributed by atoms with Crippen LogP contribution in [0.25, 0.3) is 10.8 Å². The Kier molecular flexibility index (Phi) is 1.40. The van der Waals surface area contributed by atoms with E-state index in [-0.39, 0.29) is 0 Å². The molecule has 0 atom stereocenters. The van der Waals surface area contributed by atoms with Gasteiger partial charge in [-0.15, -0.1) is 0 Å². The highest BCUT2D eigenvalue weighted by molar-refractivity contribution is 5.84. The van der Waals surface area contributed by atoms with Crippen LogP contribution in [0, 0.1) is 18.6 Å². The molecule has 0 amide bonds. The summed E-state index contributed by atoms with van der Waals surface area (Å²) in [6.45, 7) is 1.67. The van der Waals surface area contributed by atoms with Crippen molar-refractivity contribution in [3.63, 3.8) is 0 Å². The Morgan fingerprint density at radius 2 is 1.92 bits per heavy atom. The molecule has 2 aromatic rings. The van der Waals surface area contributed by atoms with Gasteiger partial charge in [0.1, 0.15) is 23.7 Å². The summed E-state index contributed by atoms with van der Waals surface area (Å²) in [6.07, 6.45) is 1.29. The normalized spacial score (nSPS) is 10.9. The van der Waals surface area contributed by atoms with E-state index in [1.165, 1.54) is 12.3 Å². The van der Waals surface area contributed by atoms with E-state index in [1.54, 1.807) is 6.92 Å². The average Bonchev–Trinajstić information content (AvgIpc) is 2.33. The number of rotatable bonds is 0. The molecule has 0 saturated heterocycles. The van der Waals surface area contributed by atoms with Crippen LogP contribution in [0.4, 0.5) is 8.78 Å². The van der Waals surface area contributed by atoms with Gasteiger partial charge in [-0.05, 0) is 13.0 Å². The molecule has 1 aromatic heterocycles. The molecule has 1 aromatic carbocycles. The minimum absolute atomic E-state index is 0.328. The Hall–Kier alpha value is -1.38.